The van der Waals surface area contributed by atoms with Gasteiger partial charge in [-0.1, -0.05) is 13.0 Å². The average molecular weight is 205 g/mol. The maximum absolute atomic E-state index is 11.3. The molecule has 0 aromatic carbocycles. The Morgan fingerprint density at radius 1 is 1.33 bits per heavy atom. The summed E-state index contributed by atoms with van der Waals surface area (Å²) in [6.45, 7) is 4.03. The summed E-state index contributed by atoms with van der Waals surface area (Å²) in [5, 5.41) is 0. The third-order valence-electron chi connectivity index (χ3n) is 2.36. The largest absolute Gasteiger partial charge is 0.300 e. The molecule has 0 spiro atoms. The summed E-state index contributed by atoms with van der Waals surface area (Å²) in [4.78, 5) is 15.7. The van der Waals surface area contributed by atoms with Crippen LogP contribution in [0.5, 0.6) is 0 Å². The van der Waals surface area contributed by atoms with Gasteiger partial charge in [-0.2, -0.15) is 0 Å². The predicted molar refractivity (Wildman–Crippen MR) is 61.8 cm³/mol. The molecule has 0 aliphatic carbocycles. The Labute approximate surface area is 91.7 Å². The van der Waals surface area contributed by atoms with E-state index in [1.54, 1.807) is 0 Å². The van der Waals surface area contributed by atoms with Crippen LogP contribution in [0.2, 0.25) is 0 Å². The Balaban J connectivity index is 2.28. The van der Waals surface area contributed by atoms with E-state index >= 15 is 0 Å². The van der Waals surface area contributed by atoms with Gasteiger partial charge in [0.1, 0.15) is 5.78 Å². The van der Waals surface area contributed by atoms with Crippen molar-refractivity contribution in [1.29, 1.82) is 0 Å². The average Bonchev–Trinajstić information content (AvgIpc) is 2.18. The van der Waals surface area contributed by atoms with Crippen LogP contribution < -0.4 is 0 Å². The number of Topliss-reactive ketones (excluding diaryl/α,β-unsaturated/α-hetero) is 1. The highest BCUT2D eigenvalue weighted by Crippen LogP contribution is 2.05. The van der Waals surface area contributed by atoms with Crippen LogP contribution in [0.4, 0.5) is 0 Å². The van der Waals surface area contributed by atoms with Crippen LogP contribution in [0.1, 0.15) is 44.0 Å². The standard InChI is InChI=1S/C13H19NO/c1-3-6-13(15)10-5-9-12-8-4-7-11(2)14-12/h4,7-8H,3,5-6,9-10H2,1-2H3. The van der Waals surface area contributed by atoms with Crippen molar-refractivity contribution in [3.05, 3.63) is 29.6 Å². The molecule has 82 valence electrons. The van der Waals surface area contributed by atoms with Gasteiger partial charge in [-0.3, -0.25) is 9.78 Å². The van der Waals surface area contributed by atoms with Gasteiger partial charge in [0.05, 0.1) is 0 Å². The Morgan fingerprint density at radius 3 is 2.80 bits per heavy atom. The minimum Gasteiger partial charge on any atom is -0.300 e. The van der Waals surface area contributed by atoms with E-state index in [9.17, 15) is 4.79 Å². The molecule has 0 aliphatic heterocycles. The molecule has 0 radical (unpaired) electrons. The number of pyridine rings is 1. The molecule has 1 heterocycles. The molecular formula is C13H19NO. The van der Waals surface area contributed by atoms with Crippen LogP contribution in [0, 0.1) is 6.92 Å². The first kappa shape index (κ1) is 11.9. The summed E-state index contributed by atoms with van der Waals surface area (Å²) in [5.74, 6) is 0.380. The smallest absolute Gasteiger partial charge is 0.132 e. The van der Waals surface area contributed by atoms with Crippen LogP contribution in [-0.2, 0) is 11.2 Å². The van der Waals surface area contributed by atoms with Gasteiger partial charge in [-0.15, -0.1) is 0 Å². The van der Waals surface area contributed by atoms with Crippen molar-refractivity contribution < 1.29 is 4.79 Å². The molecule has 0 unspecified atom stereocenters. The van der Waals surface area contributed by atoms with E-state index in [0.717, 1.165) is 37.1 Å². The first-order chi connectivity index (χ1) is 7.22. The summed E-state index contributed by atoms with van der Waals surface area (Å²) < 4.78 is 0. The van der Waals surface area contributed by atoms with Gasteiger partial charge >= 0.3 is 0 Å². The van der Waals surface area contributed by atoms with Crippen LogP contribution >= 0.6 is 0 Å². The van der Waals surface area contributed by atoms with E-state index in [4.69, 9.17) is 0 Å². The van der Waals surface area contributed by atoms with Crippen molar-refractivity contribution >= 4 is 5.78 Å². The van der Waals surface area contributed by atoms with Crippen molar-refractivity contribution in [3.8, 4) is 0 Å². The fourth-order valence-electron chi connectivity index (χ4n) is 1.61. The van der Waals surface area contributed by atoms with Crippen LogP contribution in [0.3, 0.4) is 0 Å². The Bertz CT molecular complexity index is 320. The summed E-state index contributed by atoms with van der Waals surface area (Å²) in [6, 6.07) is 6.04. The molecule has 1 rings (SSSR count). The lowest BCUT2D eigenvalue weighted by Gasteiger charge is -2.01. The summed E-state index contributed by atoms with van der Waals surface area (Å²) in [5.41, 5.74) is 2.15. The van der Waals surface area contributed by atoms with Gasteiger partial charge in [0, 0.05) is 24.2 Å². The lowest BCUT2D eigenvalue weighted by atomic mass is 10.1. The molecule has 0 saturated carbocycles. The molecular weight excluding hydrogens is 186 g/mol. The fraction of sp³-hybridized carbons (Fsp3) is 0.538. The van der Waals surface area contributed by atoms with E-state index in [1.807, 2.05) is 32.0 Å². The molecule has 2 heteroatoms. The topological polar surface area (TPSA) is 30.0 Å². The van der Waals surface area contributed by atoms with Gasteiger partial charge in [0.2, 0.25) is 0 Å². The monoisotopic (exact) mass is 205 g/mol. The number of rotatable bonds is 6. The number of carbonyl (C=O) groups is 1. The second kappa shape index (κ2) is 6.33. The molecule has 15 heavy (non-hydrogen) atoms. The van der Waals surface area contributed by atoms with Gasteiger partial charge in [0.15, 0.2) is 0 Å². The Hall–Kier alpha value is -1.18. The van der Waals surface area contributed by atoms with E-state index in [2.05, 4.69) is 4.98 Å². The van der Waals surface area contributed by atoms with Crippen LogP contribution in [0.15, 0.2) is 18.2 Å². The summed E-state index contributed by atoms with van der Waals surface area (Å²) in [7, 11) is 0. The lowest BCUT2D eigenvalue weighted by molar-refractivity contribution is -0.119. The van der Waals surface area contributed by atoms with Crippen molar-refractivity contribution in [2.24, 2.45) is 0 Å². The SMILES string of the molecule is CCCC(=O)CCCc1cccc(C)n1. The van der Waals surface area contributed by atoms with E-state index in [-0.39, 0.29) is 0 Å². The molecule has 0 fully saturated rings. The Morgan fingerprint density at radius 2 is 2.13 bits per heavy atom. The predicted octanol–water partition coefficient (Wildman–Crippen LogP) is 3.08. The zero-order valence-corrected chi connectivity index (χ0v) is 9.62. The molecule has 1 aromatic heterocycles. The van der Waals surface area contributed by atoms with Gasteiger partial charge < -0.3 is 0 Å². The number of aromatic nitrogens is 1. The first-order valence-corrected chi connectivity index (χ1v) is 5.66. The maximum atomic E-state index is 11.3. The zero-order chi connectivity index (χ0) is 11.1. The Kier molecular flexibility index (Phi) is 5.02. The van der Waals surface area contributed by atoms with Crippen molar-refractivity contribution in [3.63, 3.8) is 0 Å². The highest BCUT2D eigenvalue weighted by molar-refractivity contribution is 5.78. The second-order valence-electron chi connectivity index (χ2n) is 3.91. The molecule has 2 nitrogen and oxygen atoms in total. The van der Waals surface area contributed by atoms with E-state index in [0.29, 0.717) is 12.2 Å². The minimum absolute atomic E-state index is 0.380. The van der Waals surface area contributed by atoms with Crippen molar-refractivity contribution in [2.75, 3.05) is 0 Å². The van der Waals surface area contributed by atoms with Crippen molar-refractivity contribution in [2.45, 2.75) is 46.0 Å². The first-order valence-electron chi connectivity index (χ1n) is 5.66. The van der Waals surface area contributed by atoms with Crippen LogP contribution in [0.25, 0.3) is 0 Å². The molecule has 0 aliphatic rings. The lowest BCUT2D eigenvalue weighted by Crippen LogP contribution is -1.99. The molecule has 0 bridgehead atoms. The number of hydrogen-bond donors (Lipinski definition) is 0. The highest BCUT2D eigenvalue weighted by atomic mass is 16.1. The molecule has 0 atom stereocenters. The van der Waals surface area contributed by atoms with Gasteiger partial charge in [-0.05, 0) is 38.3 Å². The molecule has 0 N–H and O–H groups in total. The quantitative estimate of drug-likeness (QED) is 0.714. The van der Waals surface area contributed by atoms with Crippen LogP contribution in [-0.4, -0.2) is 10.8 Å². The second-order valence-corrected chi connectivity index (χ2v) is 3.91. The number of hydrogen-bond acceptors (Lipinski definition) is 2. The van der Waals surface area contributed by atoms with Gasteiger partial charge in [0.25, 0.3) is 0 Å². The molecule has 1 aromatic rings. The third kappa shape index (κ3) is 4.73. The number of ketones is 1. The molecule has 0 saturated heterocycles. The summed E-state index contributed by atoms with van der Waals surface area (Å²) >= 11 is 0. The van der Waals surface area contributed by atoms with Gasteiger partial charge in [-0.25, -0.2) is 0 Å². The van der Waals surface area contributed by atoms with E-state index in [1.165, 1.54) is 0 Å². The zero-order valence-electron chi connectivity index (χ0n) is 9.62. The molecule has 0 amide bonds. The summed E-state index contributed by atoms with van der Waals surface area (Å²) in [6.07, 6.45) is 4.22. The fourth-order valence-corrected chi connectivity index (χ4v) is 1.61. The minimum atomic E-state index is 0.380. The normalized spacial score (nSPS) is 10.3. The number of carbonyl (C=O) groups excluding carboxylic acids is 1. The van der Waals surface area contributed by atoms with E-state index < -0.39 is 0 Å². The highest BCUT2D eigenvalue weighted by Gasteiger charge is 2.01. The number of aryl methyl sites for hydroxylation is 2. The van der Waals surface area contributed by atoms with Crippen molar-refractivity contribution in [1.82, 2.24) is 4.98 Å². The number of nitrogens with zero attached hydrogens (tertiary/aromatic N) is 1. The maximum Gasteiger partial charge on any atom is 0.132 e. The third-order valence-corrected chi connectivity index (χ3v) is 2.36.